The Morgan fingerprint density at radius 3 is 3.06 bits per heavy atom. The Labute approximate surface area is 105 Å². The zero-order valence-corrected chi connectivity index (χ0v) is 10.2. The molecule has 0 radical (unpaired) electrons. The second kappa shape index (κ2) is 4.22. The largest absolute Gasteiger partial charge is 0.437 e. The molecule has 0 aromatic carbocycles. The quantitative estimate of drug-likeness (QED) is 0.708. The summed E-state index contributed by atoms with van der Waals surface area (Å²) in [5.41, 5.74) is 0. The van der Waals surface area contributed by atoms with E-state index in [0.29, 0.717) is 17.6 Å². The standard InChI is InChI=1S/C10H8N4O3S/c1-6-11-8(17-13-6)5-14-10(15)16-9(12-14)7-3-2-4-18-7/h2-4H,5H2,1H3. The molecule has 3 rings (SSSR count). The topological polar surface area (TPSA) is 87.0 Å². The number of thiophene rings is 1. The van der Waals surface area contributed by atoms with E-state index in [2.05, 4.69) is 15.2 Å². The fourth-order valence-corrected chi connectivity index (χ4v) is 2.08. The molecular weight excluding hydrogens is 256 g/mol. The van der Waals surface area contributed by atoms with Crippen molar-refractivity contribution in [2.45, 2.75) is 13.5 Å². The van der Waals surface area contributed by atoms with Crippen LogP contribution in [0.4, 0.5) is 0 Å². The molecule has 0 aliphatic carbocycles. The van der Waals surface area contributed by atoms with Crippen LogP contribution in [0.3, 0.4) is 0 Å². The van der Waals surface area contributed by atoms with E-state index in [-0.39, 0.29) is 6.54 Å². The normalized spacial score (nSPS) is 10.9. The van der Waals surface area contributed by atoms with E-state index in [1.165, 1.54) is 11.3 Å². The van der Waals surface area contributed by atoms with Crippen LogP contribution in [0, 0.1) is 6.92 Å². The molecule has 0 spiro atoms. The molecule has 0 unspecified atom stereocenters. The molecule has 0 aliphatic rings. The van der Waals surface area contributed by atoms with Gasteiger partial charge < -0.3 is 8.94 Å². The molecule has 3 aromatic rings. The van der Waals surface area contributed by atoms with Crippen LogP contribution in [0.1, 0.15) is 11.7 Å². The molecule has 0 amide bonds. The zero-order valence-electron chi connectivity index (χ0n) is 9.36. The summed E-state index contributed by atoms with van der Waals surface area (Å²) < 4.78 is 11.1. The lowest BCUT2D eigenvalue weighted by Gasteiger charge is -1.90. The van der Waals surface area contributed by atoms with Gasteiger partial charge in [0.2, 0.25) is 5.89 Å². The number of aryl methyl sites for hydroxylation is 1. The third-order valence-electron chi connectivity index (χ3n) is 2.19. The maximum Gasteiger partial charge on any atom is 0.437 e. The van der Waals surface area contributed by atoms with Crippen molar-refractivity contribution < 1.29 is 8.94 Å². The minimum absolute atomic E-state index is 0.106. The van der Waals surface area contributed by atoms with E-state index in [0.717, 1.165) is 9.56 Å². The first-order valence-corrected chi connectivity index (χ1v) is 6.01. The molecule has 92 valence electrons. The second-order valence-electron chi connectivity index (χ2n) is 3.54. The summed E-state index contributed by atoms with van der Waals surface area (Å²) in [7, 11) is 0. The molecular formula is C10H8N4O3S. The van der Waals surface area contributed by atoms with Gasteiger partial charge in [-0.2, -0.15) is 9.67 Å². The van der Waals surface area contributed by atoms with Gasteiger partial charge in [0.15, 0.2) is 5.82 Å². The summed E-state index contributed by atoms with van der Waals surface area (Å²) in [6.07, 6.45) is 0. The summed E-state index contributed by atoms with van der Waals surface area (Å²) >= 11 is 1.45. The Morgan fingerprint density at radius 1 is 1.50 bits per heavy atom. The molecule has 0 fully saturated rings. The first-order valence-electron chi connectivity index (χ1n) is 5.13. The van der Waals surface area contributed by atoms with Gasteiger partial charge in [-0.1, -0.05) is 11.2 Å². The van der Waals surface area contributed by atoms with Gasteiger partial charge in [-0.05, 0) is 18.4 Å². The van der Waals surface area contributed by atoms with Crippen molar-refractivity contribution in [2.24, 2.45) is 0 Å². The van der Waals surface area contributed by atoms with Crippen molar-refractivity contribution in [3.8, 4) is 10.8 Å². The number of aromatic nitrogens is 4. The predicted molar refractivity (Wildman–Crippen MR) is 62.2 cm³/mol. The van der Waals surface area contributed by atoms with Crippen LogP contribution in [0.15, 0.2) is 31.2 Å². The van der Waals surface area contributed by atoms with Crippen molar-refractivity contribution in [3.05, 3.63) is 39.8 Å². The van der Waals surface area contributed by atoms with E-state index in [1.807, 2.05) is 17.5 Å². The van der Waals surface area contributed by atoms with Gasteiger partial charge in [-0.3, -0.25) is 0 Å². The second-order valence-corrected chi connectivity index (χ2v) is 4.49. The summed E-state index contributed by atoms with van der Waals surface area (Å²) in [5.74, 6) is 0.584. The van der Waals surface area contributed by atoms with E-state index in [1.54, 1.807) is 6.92 Å². The van der Waals surface area contributed by atoms with Crippen LogP contribution >= 0.6 is 11.3 Å². The van der Waals surface area contributed by atoms with Gasteiger partial charge in [0, 0.05) is 0 Å². The summed E-state index contributed by atoms with van der Waals surface area (Å²) in [6.45, 7) is 1.81. The molecule has 0 aliphatic heterocycles. The first kappa shape index (κ1) is 10.9. The van der Waals surface area contributed by atoms with E-state index < -0.39 is 5.76 Å². The minimum atomic E-state index is -0.547. The molecule has 7 nitrogen and oxygen atoms in total. The van der Waals surface area contributed by atoms with E-state index in [9.17, 15) is 4.79 Å². The number of nitrogens with zero attached hydrogens (tertiary/aromatic N) is 4. The van der Waals surface area contributed by atoms with Crippen LogP contribution in [-0.2, 0) is 6.54 Å². The fourth-order valence-electron chi connectivity index (χ4n) is 1.44. The monoisotopic (exact) mass is 264 g/mol. The lowest BCUT2D eigenvalue weighted by atomic mass is 10.5. The van der Waals surface area contributed by atoms with Crippen LogP contribution in [0.2, 0.25) is 0 Å². The summed E-state index contributed by atoms with van der Waals surface area (Å²) in [6, 6.07) is 3.69. The zero-order chi connectivity index (χ0) is 12.5. The smallest absolute Gasteiger partial charge is 0.387 e. The average Bonchev–Trinajstić information content (AvgIpc) is 3.02. The number of hydrogen-bond acceptors (Lipinski definition) is 7. The maximum absolute atomic E-state index is 11.6. The Balaban J connectivity index is 1.92. The molecule has 8 heteroatoms. The Bertz CT molecular complexity index is 710. The Morgan fingerprint density at radius 2 is 2.39 bits per heavy atom. The fraction of sp³-hybridized carbons (Fsp3) is 0.200. The Hall–Kier alpha value is -2.22. The highest BCUT2D eigenvalue weighted by atomic mass is 32.1. The van der Waals surface area contributed by atoms with Gasteiger partial charge >= 0.3 is 5.76 Å². The molecule has 3 heterocycles. The van der Waals surface area contributed by atoms with Gasteiger partial charge in [0.05, 0.1) is 4.88 Å². The molecule has 3 aromatic heterocycles. The molecule has 0 saturated heterocycles. The minimum Gasteiger partial charge on any atom is -0.387 e. The highest BCUT2D eigenvalue weighted by molar-refractivity contribution is 7.13. The molecule has 0 N–H and O–H groups in total. The molecule has 0 saturated carbocycles. The van der Waals surface area contributed by atoms with Gasteiger partial charge in [0.25, 0.3) is 5.89 Å². The molecule has 0 bridgehead atoms. The number of rotatable bonds is 3. The van der Waals surface area contributed by atoms with Crippen molar-refractivity contribution >= 4 is 11.3 Å². The van der Waals surface area contributed by atoms with Gasteiger partial charge in [0.1, 0.15) is 6.54 Å². The van der Waals surface area contributed by atoms with Crippen molar-refractivity contribution in [3.63, 3.8) is 0 Å². The lowest BCUT2D eigenvalue weighted by molar-refractivity contribution is 0.357. The summed E-state index contributed by atoms with van der Waals surface area (Å²) in [5, 5.41) is 9.60. The van der Waals surface area contributed by atoms with E-state index >= 15 is 0 Å². The van der Waals surface area contributed by atoms with E-state index in [4.69, 9.17) is 8.94 Å². The Kier molecular flexibility index (Phi) is 2.56. The van der Waals surface area contributed by atoms with Crippen molar-refractivity contribution in [1.29, 1.82) is 0 Å². The first-order chi connectivity index (χ1) is 8.72. The summed E-state index contributed by atoms with van der Waals surface area (Å²) in [4.78, 5) is 16.4. The maximum atomic E-state index is 11.6. The van der Waals surface area contributed by atoms with Gasteiger partial charge in [-0.15, -0.1) is 16.4 Å². The average molecular weight is 264 g/mol. The predicted octanol–water partition coefficient (Wildman–Crippen LogP) is 1.30. The SMILES string of the molecule is Cc1noc(Cn2nc(-c3cccs3)oc2=O)n1. The van der Waals surface area contributed by atoms with Crippen LogP contribution in [0.25, 0.3) is 10.8 Å². The highest BCUT2D eigenvalue weighted by Gasteiger charge is 2.13. The van der Waals surface area contributed by atoms with Crippen LogP contribution < -0.4 is 5.76 Å². The number of hydrogen-bond donors (Lipinski definition) is 0. The van der Waals surface area contributed by atoms with Crippen molar-refractivity contribution in [2.75, 3.05) is 0 Å². The lowest BCUT2D eigenvalue weighted by Crippen LogP contribution is -2.16. The van der Waals surface area contributed by atoms with Gasteiger partial charge in [-0.25, -0.2) is 4.79 Å². The van der Waals surface area contributed by atoms with Crippen molar-refractivity contribution in [1.82, 2.24) is 19.9 Å². The molecule has 18 heavy (non-hydrogen) atoms. The van der Waals surface area contributed by atoms with Crippen LogP contribution in [-0.4, -0.2) is 19.9 Å². The third kappa shape index (κ3) is 1.97. The molecule has 0 atom stereocenters. The van der Waals surface area contributed by atoms with Crippen LogP contribution in [0.5, 0.6) is 0 Å². The highest BCUT2D eigenvalue weighted by Crippen LogP contribution is 2.21. The third-order valence-corrected chi connectivity index (χ3v) is 3.05.